The number of nitrogen functional groups attached to an aromatic ring is 1. The molecule has 0 bridgehead atoms. The highest BCUT2D eigenvalue weighted by molar-refractivity contribution is 6.31. The van der Waals surface area contributed by atoms with E-state index < -0.39 is 0 Å². The molecule has 0 unspecified atom stereocenters. The van der Waals surface area contributed by atoms with Crippen LogP contribution in [-0.2, 0) is 0 Å². The fourth-order valence-corrected chi connectivity index (χ4v) is 2.42. The summed E-state index contributed by atoms with van der Waals surface area (Å²) in [6, 6.07) is 11.2. The van der Waals surface area contributed by atoms with Crippen LogP contribution in [0.15, 0.2) is 36.4 Å². The quantitative estimate of drug-likeness (QED) is 0.427. The summed E-state index contributed by atoms with van der Waals surface area (Å²) in [6.45, 7) is 0. The second-order valence-corrected chi connectivity index (χ2v) is 4.58. The third kappa shape index (κ3) is 1.85. The van der Waals surface area contributed by atoms with Crippen molar-refractivity contribution in [3.05, 3.63) is 41.4 Å². The maximum atomic E-state index is 6.01. The molecule has 4 nitrogen and oxygen atoms in total. The molecule has 0 aliphatic carbocycles. The average molecular weight is 274 g/mol. The van der Waals surface area contributed by atoms with E-state index >= 15 is 0 Å². The van der Waals surface area contributed by atoms with E-state index in [9.17, 15) is 0 Å². The van der Waals surface area contributed by atoms with Crippen LogP contribution in [0.2, 0.25) is 5.02 Å². The topological polar surface area (TPSA) is 60.2 Å². The maximum Gasteiger partial charge on any atom is 0.130 e. The summed E-state index contributed by atoms with van der Waals surface area (Å²) in [6.07, 6.45) is 0. The third-order valence-electron chi connectivity index (χ3n) is 3.09. The Kier molecular flexibility index (Phi) is 2.89. The van der Waals surface area contributed by atoms with Crippen molar-refractivity contribution in [2.75, 3.05) is 12.5 Å². The summed E-state index contributed by atoms with van der Waals surface area (Å²) in [4.78, 5) is 4.60. The molecule has 96 valence electrons. The van der Waals surface area contributed by atoms with Gasteiger partial charge >= 0.3 is 0 Å². The highest BCUT2D eigenvalue weighted by atomic mass is 35.5. The largest absolute Gasteiger partial charge is 0.496 e. The van der Waals surface area contributed by atoms with Gasteiger partial charge in [0.15, 0.2) is 0 Å². The number of hydrogen-bond donors (Lipinski definition) is 2. The van der Waals surface area contributed by atoms with Crippen LogP contribution >= 0.6 is 11.6 Å². The molecule has 0 spiro atoms. The lowest BCUT2D eigenvalue weighted by molar-refractivity contribution is 0.420. The molecule has 0 amide bonds. The number of hydrazine groups is 1. The lowest BCUT2D eigenvalue weighted by Gasteiger charge is -2.13. The molecule has 5 heteroatoms. The van der Waals surface area contributed by atoms with Crippen molar-refractivity contribution in [1.82, 2.24) is 4.98 Å². The molecule has 0 saturated heterocycles. The first-order valence-corrected chi connectivity index (χ1v) is 6.15. The third-order valence-corrected chi connectivity index (χ3v) is 3.32. The second-order valence-electron chi connectivity index (χ2n) is 4.15. The van der Waals surface area contributed by atoms with Crippen LogP contribution in [0.5, 0.6) is 5.75 Å². The van der Waals surface area contributed by atoms with Crippen LogP contribution in [0, 0.1) is 0 Å². The standard InChI is InChI=1S/C14H12ClN3O/c1-19-12-4-2-3-10-13(12)14(18-16)9-6-5-8(15)7-11(9)17-10/h2-7H,16H2,1H3,(H,17,18). The Balaban J connectivity index is 2.53. The molecule has 2 aromatic carbocycles. The SMILES string of the molecule is COc1cccc2nc3cc(Cl)ccc3c(NN)c12. The summed E-state index contributed by atoms with van der Waals surface area (Å²) >= 11 is 6.01. The Morgan fingerprint density at radius 1 is 1.21 bits per heavy atom. The van der Waals surface area contributed by atoms with Crippen molar-refractivity contribution in [3.8, 4) is 5.75 Å². The molecule has 0 aliphatic rings. The average Bonchev–Trinajstić information content (AvgIpc) is 2.43. The molecule has 1 aromatic heterocycles. The number of methoxy groups -OCH3 is 1. The number of benzene rings is 2. The summed E-state index contributed by atoms with van der Waals surface area (Å²) in [5.41, 5.74) is 5.13. The van der Waals surface area contributed by atoms with E-state index in [2.05, 4.69) is 10.4 Å². The number of aromatic nitrogens is 1. The van der Waals surface area contributed by atoms with E-state index in [-0.39, 0.29) is 0 Å². The molecule has 3 aromatic rings. The summed E-state index contributed by atoms with van der Waals surface area (Å²) < 4.78 is 5.38. The number of ether oxygens (including phenoxy) is 1. The first-order valence-electron chi connectivity index (χ1n) is 5.77. The smallest absolute Gasteiger partial charge is 0.130 e. The van der Waals surface area contributed by atoms with Gasteiger partial charge in [-0.3, -0.25) is 5.84 Å². The fraction of sp³-hybridized carbons (Fsp3) is 0.0714. The molecule has 19 heavy (non-hydrogen) atoms. The molecule has 0 radical (unpaired) electrons. The Morgan fingerprint density at radius 3 is 2.79 bits per heavy atom. The first kappa shape index (κ1) is 12.0. The fourth-order valence-electron chi connectivity index (χ4n) is 2.26. The predicted octanol–water partition coefficient (Wildman–Crippen LogP) is 3.34. The number of halogens is 1. The van der Waals surface area contributed by atoms with Gasteiger partial charge in [-0.15, -0.1) is 0 Å². The molecule has 0 atom stereocenters. The first-order chi connectivity index (χ1) is 9.24. The molecule has 3 N–H and O–H groups in total. The Labute approximate surface area is 115 Å². The maximum absolute atomic E-state index is 6.01. The van der Waals surface area contributed by atoms with Crippen molar-refractivity contribution in [1.29, 1.82) is 0 Å². The molecule has 1 heterocycles. The van der Waals surface area contributed by atoms with Crippen molar-refractivity contribution < 1.29 is 4.74 Å². The van der Waals surface area contributed by atoms with E-state index in [4.69, 9.17) is 22.2 Å². The number of fused-ring (bicyclic) bond motifs is 2. The second kappa shape index (κ2) is 4.57. The minimum absolute atomic E-state index is 0.644. The molecule has 0 saturated carbocycles. The van der Waals surface area contributed by atoms with Gasteiger partial charge in [0, 0.05) is 10.4 Å². The van der Waals surface area contributed by atoms with Crippen LogP contribution < -0.4 is 16.0 Å². The minimum atomic E-state index is 0.644. The zero-order valence-corrected chi connectivity index (χ0v) is 11.0. The molecule has 0 aliphatic heterocycles. The van der Waals surface area contributed by atoms with Crippen molar-refractivity contribution in [3.63, 3.8) is 0 Å². The molecular weight excluding hydrogens is 262 g/mol. The lowest BCUT2D eigenvalue weighted by atomic mass is 10.1. The van der Waals surface area contributed by atoms with E-state index in [0.717, 1.165) is 33.2 Å². The number of nitrogens with two attached hydrogens (primary N) is 1. The Bertz CT molecular complexity index is 773. The highest BCUT2D eigenvalue weighted by Crippen LogP contribution is 2.36. The van der Waals surface area contributed by atoms with Crippen molar-refractivity contribution >= 4 is 39.1 Å². The van der Waals surface area contributed by atoms with Gasteiger partial charge in [0.25, 0.3) is 0 Å². The minimum Gasteiger partial charge on any atom is -0.496 e. The number of nitrogens with one attached hydrogen (secondary N) is 1. The van der Waals surface area contributed by atoms with Gasteiger partial charge in [-0.25, -0.2) is 4.98 Å². The molecule has 0 fully saturated rings. The summed E-state index contributed by atoms with van der Waals surface area (Å²) in [5, 5.41) is 2.41. The summed E-state index contributed by atoms with van der Waals surface area (Å²) in [5.74, 6) is 6.41. The van der Waals surface area contributed by atoms with E-state index in [0.29, 0.717) is 5.02 Å². The molecular formula is C14H12ClN3O. The number of rotatable bonds is 2. The van der Waals surface area contributed by atoms with Gasteiger partial charge in [-0.05, 0) is 30.3 Å². The van der Waals surface area contributed by atoms with Crippen molar-refractivity contribution in [2.45, 2.75) is 0 Å². The zero-order valence-electron chi connectivity index (χ0n) is 10.3. The van der Waals surface area contributed by atoms with E-state index in [1.165, 1.54) is 0 Å². The van der Waals surface area contributed by atoms with Crippen LogP contribution in [0.25, 0.3) is 21.8 Å². The highest BCUT2D eigenvalue weighted by Gasteiger charge is 2.12. The van der Waals surface area contributed by atoms with Crippen molar-refractivity contribution in [2.24, 2.45) is 5.84 Å². The van der Waals surface area contributed by atoms with Gasteiger partial charge < -0.3 is 10.2 Å². The van der Waals surface area contributed by atoms with Gasteiger partial charge in [0.1, 0.15) is 5.75 Å². The van der Waals surface area contributed by atoms with Gasteiger partial charge in [-0.1, -0.05) is 17.7 Å². The molecule has 3 rings (SSSR count). The van der Waals surface area contributed by atoms with Crippen LogP contribution in [-0.4, -0.2) is 12.1 Å². The lowest BCUT2D eigenvalue weighted by Crippen LogP contribution is -2.08. The van der Waals surface area contributed by atoms with Crippen LogP contribution in [0.4, 0.5) is 5.69 Å². The van der Waals surface area contributed by atoms with Gasteiger partial charge in [-0.2, -0.15) is 0 Å². The van der Waals surface area contributed by atoms with Crippen LogP contribution in [0.3, 0.4) is 0 Å². The zero-order chi connectivity index (χ0) is 13.4. The Hall–Kier alpha value is -2.04. The van der Waals surface area contributed by atoms with Crippen LogP contribution in [0.1, 0.15) is 0 Å². The monoisotopic (exact) mass is 273 g/mol. The van der Waals surface area contributed by atoms with E-state index in [1.54, 1.807) is 7.11 Å². The number of nitrogens with zero attached hydrogens (tertiary/aromatic N) is 1. The number of anilines is 1. The summed E-state index contributed by atoms with van der Waals surface area (Å²) in [7, 11) is 1.63. The van der Waals surface area contributed by atoms with Gasteiger partial charge in [0.2, 0.25) is 0 Å². The number of hydrogen-bond acceptors (Lipinski definition) is 4. The number of pyridine rings is 1. The van der Waals surface area contributed by atoms with Gasteiger partial charge in [0.05, 0.1) is 29.2 Å². The predicted molar refractivity (Wildman–Crippen MR) is 78.6 cm³/mol. The Morgan fingerprint density at radius 2 is 2.05 bits per heavy atom. The van der Waals surface area contributed by atoms with E-state index in [1.807, 2.05) is 36.4 Å². The normalized spacial score (nSPS) is 10.9.